The first-order chi connectivity index (χ1) is 16.1. The van der Waals surface area contributed by atoms with E-state index in [0.29, 0.717) is 22.9 Å². The van der Waals surface area contributed by atoms with Gasteiger partial charge in [-0.25, -0.2) is 0 Å². The summed E-state index contributed by atoms with van der Waals surface area (Å²) in [6, 6.07) is 20.5. The topological polar surface area (TPSA) is 82.4 Å². The smallest absolute Gasteiger partial charge is 0.258 e. The first-order valence-electron chi connectivity index (χ1n) is 10.3. The van der Waals surface area contributed by atoms with E-state index in [1.165, 1.54) is 4.80 Å². The van der Waals surface area contributed by atoms with E-state index in [1.807, 2.05) is 54.6 Å². The van der Waals surface area contributed by atoms with Crippen LogP contribution in [0.15, 0.2) is 76.5 Å². The van der Waals surface area contributed by atoms with Crippen molar-refractivity contribution in [2.45, 2.75) is 22.8 Å². The van der Waals surface area contributed by atoms with Crippen LogP contribution in [0, 0.1) is 0 Å². The summed E-state index contributed by atoms with van der Waals surface area (Å²) in [4.78, 5) is 18.8. The zero-order valence-corrected chi connectivity index (χ0v) is 19.1. The molecule has 1 aliphatic rings. The zero-order valence-electron chi connectivity index (χ0n) is 18.3. The fourth-order valence-electron chi connectivity index (χ4n) is 3.71. The van der Waals surface area contributed by atoms with Gasteiger partial charge in [-0.05, 0) is 54.6 Å². The molecule has 1 amide bonds. The maximum atomic E-state index is 13.7. The van der Waals surface area contributed by atoms with Gasteiger partial charge >= 0.3 is 0 Å². The third-order valence-electron chi connectivity index (χ3n) is 5.43. The van der Waals surface area contributed by atoms with Gasteiger partial charge in [-0.15, -0.1) is 10.2 Å². The first-order valence-corrected chi connectivity index (χ1v) is 11.1. The molecule has 1 aliphatic heterocycles. The third kappa shape index (κ3) is 3.70. The average Bonchev–Trinajstić information content (AvgIpc) is 3.36. The highest BCUT2D eigenvalue weighted by Crippen LogP contribution is 2.48. The van der Waals surface area contributed by atoms with E-state index in [2.05, 4.69) is 15.4 Å². The van der Waals surface area contributed by atoms with Crippen LogP contribution in [0.4, 0.5) is 11.4 Å². The van der Waals surface area contributed by atoms with Gasteiger partial charge in [-0.2, -0.15) is 4.80 Å². The van der Waals surface area contributed by atoms with Crippen LogP contribution >= 0.6 is 11.8 Å². The molecule has 0 aliphatic carbocycles. The number of hydrogen-bond donors (Lipinski definition) is 0. The quantitative estimate of drug-likeness (QED) is 0.426. The number of amides is 1. The molecule has 166 valence electrons. The average molecular weight is 460 g/mol. The molecule has 0 bridgehead atoms. The SMILES string of the molecule is COc1ccc(-c2nnn([C@H](C)C(=O)N3c4ccccc4Sc4ccccc43)n2)cc1OC. The van der Waals surface area contributed by atoms with Gasteiger partial charge in [0.15, 0.2) is 11.5 Å². The Morgan fingerprint density at radius 2 is 1.55 bits per heavy atom. The number of rotatable bonds is 5. The van der Waals surface area contributed by atoms with E-state index < -0.39 is 6.04 Å². The van der Waals surface area contributed by atoms with Gasteiger partial charge in [0, 0.05) is 15.4 Å². The monoisotopic (exact) mass is 459 g/mol. The Morgan fingerprint density at radius 3 is 2.18 bits per heavy atom. The molecule has 5 rings (SSSR count). The Bertz CT molecular complexity index is 1290. The van der Waals surface area contributed by atoms with E-state index in [4.69, 9.17) is 9.47 Å². The van der Waals surface area contributed by atoms with Gasteiger partial charge in [-0.3, -0.25) is 9.69 Å². The van der Waals surface area contributed by atoms with Crippen molar-refractivity contribution in [2.75, 3.05) is 19.1 Å². The summed E-state index contributed by atoms with van der Waals surface area (Å²) in [6.07, 6.45) is 0. The lowest BCUT2D eigenvalue weighted by Crippen LogP contribution is -2.35. The van der Waals surface area contributed by atoms with E-state index >= 15 is 0 Å². The van der Waals surface area contributed by atoms with Crippen molar-refractivity contribution in [1.82, 2.24) is 20.2 Å². The van der Waals surface area contributed by atoms with Crippen LogP contribution in [0.5, 0.6) is 11.5 Å². The molecule has 1 aromatic heterocycles. The van der Waals surface area contributed by atoms with E-state index in [1.54, 1.807) is 49.9 Å². The van der Waals surface area contributed by atoms with Crippen LogP contribution in [0.1, 0.15) is 13.0 Å². The van der Waals surface area contributed by atoms with E-state index in [-0.39, 0.29) is 5.91 Å². The lowest BCUT2D eigenvalue weighted by molar-refractivity contribution is -0.121. The molecular formula is C24H21N5O3S. The van der Waals surface area contributed by atoms with Crippen molar-refractivity contribution in [2.24, 2.45) is 0 Å². The Balaban J connectivity index is 1.48. The third-order valence-corrected chi connectivity index (χ3v) is 6.56. The number of carbonyl (C=O) groups is 1. The molecule has 2 heterocycles. The van der Waals surface area contributed by atoms with Crippen LogP contribution in [0.2, 0.25) is 0 Å². The Kier molecular flexibility index (Phi) is 5.47. The number of aromatic nitrogens is 4. The molecule has 1 atom stereocenters. The van der Waals surface area contributed by atoms with Crippen molar-refractivity contribution in [3.05, 3.63) is 66.7 Å². The van der Waals surface area contributed by atoms with Crippen molar-refractivity contribution < 1.29 is 14.3 Å². The van der Waals surface area contributed by atoms with E-state index in [9.17, 15) is 4.79 Å². The molecular weight excluding hydrogens is 438 g/mol. The fourth-order valence-corrected chi connectivity index (χ4v) is 4.77. The molecule has 4 aromatic rings. The number of para-hydroxylation sites is 2. The maximum Gasteiger partial charge on any atom is 0.258 e. The summed E-state index contributed by atoms with van der Waals surface area (Å²) >= 11 is 1.65. The molecule has 0 saturated carbocycles. The lowest BCUT2D eigenvalue weighted by atomic mass is 10.2. The summed E-state index contributed by atoms with van der Waals surface area (Å²) in [6.45, 7) is 1.77. The number of fused-ring (bicyclic) bond motifs is 2. The predicted molar refractivity (Wildman–Crippen MR) is 125 cm³/mol. The molecule has 9 heteroatoms. The summed E-state index contributed by atoms with van der Waals surface area (Å²) in [7, 11) is 3.15. The van der Waals surface area contributed by atoms with Crippen molar-refractivity contribution in [1.29, 1.82) is 0 Å². The zero-order chi connectivity index (χ0) is 22.9. The molecule has 33 heavy (non-hydrogen) atoms. The molecule has 0 fully saturated rings. The maximum absolute atomic E-state index is 13.7. The summed E-state index contributed by atoms with van der Waals surface area (Å²) < 4.78 is 10.7. The lowest BCUT2D eigenvalue weighted by Gasteiger charge is -2.32. The number of hydrogen-bond acceptors (Lipinski definition) is 7. The number of nitrogens with zero attached hydrogens (tertiary/aromatic N) is 5. The van der Waals surface area contributed by atoms with Crippen LogP contribution in [-0.2, 0) is 4.79 Å². The van der Waals surface area contributed by atoms with Gasteiger partial charge in [0.2, 0.25) is 5.82 Å². The van der Waals surface area contributed by atoms with Gasteiger partial charge in [0.1, 0.15) is 6.04 Å². The highest BCUT2D eigenvalue weighted by molar-refractivity contribution is 7.99. The minimum absolute atomic E-state index is 0.147. The molecule has 0 N–H and O–H groups in total. The second kappa shape index (κ2) is 8.59. The minimum atomic E-state index is -0.671. The molecule has 3 aromatic carbocycles. The largest absolute Gasteiger partial charge is 0.493 e. The van der Waals surface area contributed by atoms with Crippen LogP contribution in [0.3, 0.4) is 0 Å². The van der Waals surface area contributed by atoms with Crippen LogP contribution in [-0.4, -0.2) is 40.3 Å². The van der Waals surface area contributed by atoms with Gasteiger partial charge in [0.05, 0.1) is 25.6 Å². The van der Waals surface area contributed by atoms with Crippen molar-refractivity contribution in [3.8, 4) is 22.9 Å². The van der Waals surface area contributed by atoms with Crippen molar-refractivity contribution >= 4 is 29.0 Å². The highest BCUT2D eigenvalue weighted by Gasteiger charge is 2.32. The number of ether oxygens (including phenoxy) is 2. The number of methoxy groups -OCH3 is 2. The minimum Gasteiger partial charge on any atom is -0.493 e. The van der Waals surface area contributed by atoms with Crippen LogP contribution < -0.4 is 14.4 Å². The summed E-state index contributed by atoms with van der Waals surface area (Å²) in [5, 5.41) is 12.8. The highest BCUT2D eigenvalue weighted by atomic mass is 32.2. The van der Waals surface area contributed by atoms with Gasteiger partial charge in [-0.1, -0.05) is 36.0 Å². The Hall–Kier alpha value is -3.85. The van der Waals surface area contributed by atoms with Crippen LogP contribution in [0.25, 0.3) is 11.4 Å². The fraction of sp³-hybridized carbons (Fsp3) is 0.167. The first kappa shape index (κ1) is 21.0. The van der Waals surface area contributed by atoms with Gasteiger partial charge < -0.3 is 9.47 Å². The molecule has 0 saturated heterocycles. The summed E-state index contributed by atoms with van der Waals surface area (Å²) in [5.41, 5.74) is 2.40. The normalized spacial score (nSPS) is 13.1. The Morgan fingerprint density at radius 1 is 0.909 bits per heavy atom. The summed E-state index contributed by atoms with van der Waals surface area (Å²) in [5.74, 6) is 1.42. The second-order valence-electron chi connectivity index (χ2n) is 7.39. The second-order valence-corrected chi connectivity index (χ2v) is 8.47. The number of anilines is 2. The molecule has 0 radical (unpaired) electrons. The molecule has 0 spiro atoms. The Labute approximate surface area is 195 Å². The molecule has 8 nitrogen and oxygen atoms in total. The molecule has 0 unspecified atom stereocenters. The number of carbonyl (C=O) groups excluding carboxylic acids is 1. The number of tetrazole rings is 1. The number of benzene rings is 3. The predicted octanol–water partition coefficient (Wildman–Crippen LogP) is 4.75. The standard InChI is InChI=1S/C24H21N5O3S/c1-15(29-26-23(25-27-29)16-12-13-19(31-2)20(14-16)32-3)24(30)28-17-8-4-6-10-21(17)33-22-11-7-5-9-18(22)28/h4-15H,1-3H3/t15-/m1/s1. The van der Waals surface area contributed by atoms with E-state index in [0.717, 1.165) is 21.2 Å². The van der Waals surface area contributed by atoms with Gasteiger partial charge in [0.25, 0.3) is 5.91 Å². The van der Waals surface area contributed by atoms with Crippen molar-refractivity contribution in [3.63, 3.8) is 0 Å².